The number of hydrogen-bond donors (Lipinski definition) is 1. The molecule has 1 aliphatic rings. The molecule has 1 aromatic heterocycles. The SMILES string of the molecule is COc1ccc(C2=C(Nc3ccc(Cl)cc3C)C(=O)N(Cc3ccccn3)C2=O)cc1OC. The average Bonchev–Trinajstić information content (AvgIpc) is 3.05. The van der Waals surface area contributed by atoms with E-state index in [0.717, 1.165) is 5.56 Å². The van der Waals surface area contributed by atoms with Crippen LogP contribution in [0.3, 0.4) is 0 Å². The molecule has 2 aromatic carbocycles. The molecule has 8 heteroatoms. The molecular weight excluding hydrogens is 442 g/mol. The molecule has 0 aliphatic carbocycles. The van der Waals surface area contributed by atoms with Gasteiger partial charge in [0, 0.05) is 16.9 Å². The van der Waals surface area contributed by atoms with E-state index in [9.17, 15) is 9.59 Å². The van der Waals surface area contributed by atoms with Crippen LogP contribution in [-0.2, 0) is 16.1 Å². The van der Waals surface area contributed by atoms with Crippen LogP contribution in [0, 0.1) is 6.92 Å². The summed E-state index contributed by atoms with van der Waals surface area (Å²) in [6, 6.07) is 15.7. The Labute approximate surface area is 196 Å². The zero-order valence-corrected chi connectivity index (χ0v) is 19.1. The van der Waals surface area contributed by atoms with Crippen molar-refractivity contribution in [1.82, 2.24) is 9.88 Å². The van der Waals surface area contributed by atoms with E-state index in [2.05, 4.69) is 10.3 Å². The van der Waals surface area contributed by atoms with Gasteiger partial charge >= 0.3 is 0 Å². The van der Waals surface area contributed by atoms with Crippen molar-refractivity contribution < 1.29 is 19.1 Å². The summed E-state index contributed by atoms with van der Waals surface area (Å²) in [6.07, 6.45) is 1.62. The van der Waals surface area contributed by atoms with Crippen molar-refractivity contribution in [3.8, 4) is 11.5 Å². The number of carbonyl (C=O) groups excluding carboxylic acids is 2. The predicted molar refractivity (Wildman–Crippen MR) is 126 cm³/mol. The summed E-state index contributed by atoms with van der Waals surface area (Å²) >= 11 is 6.08. The standard InChI is InChI=1S/C25H22ClN3O4/c1-15-12-17(26)8-9-19(15)28-23-22(16-7-10-20(32-2)21(13-16)33-3)24(30)29(25(23)31)14-18-6-4-5-11-27-18/h4-13,28H,14H2,1-3H3. The normalized spacial score (nSPS) is 13.5. The van der Waals surface area contributed by atoms with Crippen molar-refractivity contribution in [2.75, 3.05) is 19.5 Å². The number of pyridine rings is 1. The quantitative estimate of drug-likeness (QED) is 0.521. The first-order valence-corrected chi connectivity index (χ1v) is 10.6. The van der Waals surface area contributed by atoms with Gasteiger partial charge in [0.25, 0.3) is 11.8 Å². The van der Waals surface area contributed by atoms with Crippen LogP contribution < -0.4 is 14.8 Å². The van der Waals surface area contributed by atoms with E-state index < -0.39 is 11.8 Å². The van der Waals surface area contributed by atoms with Gasteiger partial charge in [-0.3, -0.25) is 19.5 Å². The van der Waals surface area contributed by atoms with Gasteiger partial charge in [-0.15, -0.1) is 0 Å². The van der Waals surface area contributed by atoms with Crippen LogP contribution in [0.1, 0.15) is 16.8 Å². The number of aryl methyl sites for hydroxylation is 1. The number of rotatable bonds is 7. The van der Waals surface area contributed by atoms with Gasteiger partial charge in [0.1, 0.15) is 5.70 Å². The molecule has 0 saturated heterocycles. The molecule has 0 fully saturated rings. The van der Waals surface area contributed by atoms with Crippen molar-refractivity contribution in [2.45, 2.75) is 13.5 Å². The van der Waals surface area contributed by atoms with Crippen LogP contribution in [0.15, 0.2) is 66.5 Å². The first kappa shape index (κ1) is 22.4. The fraction of sp³-hybridized carbons (Fsp3) is 0.160. The minimum absolute atomic E-state index is 0.0556. The maximum atomic E-state index is 13.5. The predicted octanol–water partition coefficient (Wildman–Crippen LogP) is 4.45. The molecular formula is C25H22ClN3O4. The minimum atomic E-state index is -0.440. The number of methoxy groups -OCH3 is 2. The van der Waals surface area contributed by atoms with E-state index >= 15 is 0 Å². The fourth-order valence-electron chi connectivity index (χ4n) is 3.65. The van der Waals surface area contributed by atoms with Crippen LogP contribution in [0.25, 0.3) is 5.57 Å². The number of amides is 2. The Morgan fingerprint density at radius 1 is 0.970 bits per heavy atom. The highest BCUT2D eigenvalue weighted by Crippen LogP contribution is 2.36. The number of imide groups is 1. The molecule has 33 heavy (non-hydrogen) atoms. The van der Waals surface area contributed by atoms with Gasteiger partial charge in [-0.05, 0) is 60.5 Å². The molecule has 0 atom stereocenters. The number of halogens is 1. The van der Waals surface area contributed by atoms with E-state index in [4.69, 9.17) is 21.1 Å². The Bertz CT molecular complexity index is 1260. The van der Waals surface area contributed by atoms with Gasteiger partial charge in [0.15, 0.2) is 11.5 Å². The summed E-state index contributed by atoms with van der Waals surface area (Å²) < 4.78 is 10.7. The van der Waals surface area contributed by atoms with E-state index in [-0.39, 0.29) is 17.8 Å². The monoisotopic (exact) mass is 463 g/mol. The molecule has 0 bridgehead atoms. The number of hydrogen-bond acceptors (Lipinski definition) is 6. The number of nitrogens with zero attached hydrogens (tertiary/aromatic N) is 2. The van der Waals surface area contributed by atoms with Gasteiger partial charge in [-0.25, -0.2) is 0 Å². The number of carbonyl (C=O) groups is 2. The summed E-state index contributed by atoms with van der Waals surface area (Å²) in [5.74, 6) is 0.108. The highest BCUT2D eigenvalue weighted by molar-refractivity contribution is 6.36. The maximum absolute atomic E-state index is 13.5. The lowest BCUT2D eigenvalue weighted by atomic mass is 10.0. The fourth-order valence-corrected chi connectivity index (χ4v) is 3.88. The van der Waals surface area contributed by atoms with Gasteiger partial charge < -0.3 is 14.8 Å². The number of ether oxygens (including phenoxy) is 2. The van der Waals surface area contributed by atoms with Crippen molar-refractivity contribution in [3.63, 3.8) is 0 Å². The number of aromatic nitrogens is 1. The molecule has 2 heterocycles. The van der Waals surface area contributed by atoms with Crippen LogP contribution >= 0.6 is 11.6 Å². The van der Waals surface area contributed by atoms with Gasteiger partial charge in [0.2, 0.25) is 0 Å². The summed E-state index contributed by atoms with van der Waals surface area (Å²) in [4.78, 5) is 32.4. The molecule has 0 unspecified atom stereocenters. The van der Waals surface area contributed by atoms with Crippen molar-refractivity contribution >= 4 is 34.7 Å². The van der Waals surface area contributed by atoms with E-state index in [1.807, 2.05) is 13.0 Å². The highest BCUT2D eigenvalue weighted by atomic mass is 35.5. The molecule has 0 saturated carbocycles. The molecule has 3 aromatic rings. The second-order valence-electron chi connectivity index (χ2n) is 7.42. The van der Waals surface area contributed by atoms with E-state index in [1.54, 1.807) is 54.7 Å². The molecule has 0 radical (unpaired) electrons. The second-order valence-corrected chi connectivity index (χ2v) is 7.86. The minimum Gasteiger partial charge on any atom is -0.493 e. The topological polar surface area (TPSA) is 80.8 Å². The Morgan fingerprint density at radius 3 is 2.42 bits per heavy atom. The Hall–Kier alpha value is -3.84. The molecule has 2 amide bonds. The summed E-state index contributed by atoms with van der Waals surface area (Å²) in [5, 5.41) is 3.74. The average molecular weight is 464 g/mol. The maximum Gasteiger partial charge on any atom is 0.278 e. The van der Waals surface area contributed by atoms with Gasteiger partial charge in [-0.1, -0.05) is 23.7 Å². The number of anilines is 1. The van der Waals surface area contributed by atoms with Crippen molar-refractivity contribution in [2.24, 2.45) is 0 Å². The van der Waals surface area contributed by atoms with Crippen LogP contribution in [0.2, 0.25) is 5.02 Å². The molecule has 1 N–H and O–H groups in total. The molecule has 0 spiro atoms. The zero-order chi connectivity index (χ0) is 23.5. The van der Waals surface area contributed by atoms with Crippen LogP contribution in [-0.4, -0.2) is 35.9 Å². The van der Waals surface area contributed by atoms with Gasteiger partial charge in [0.05, 0.1) is 32.0 Å². The summed E-state index contributed by atoms with van der Waals surface area (Å²) in [5.41, 5.74) is 3.07. The Balaban J connectivity index is 1.80. The lowest BCUT2D eigenvalue weighted by molar-refractivity contribution is -0.137. The highest BCUT2D eigenvalue weighted by Gasteiger charge is 2.39. The van der Waals surface area contributed by atoms with E-state index in [0.29, 0.717) is 33.5 Å². The number of benzene rings is 2. The van der Waals surface area contributed by atoms with E-state index in [1.165, 1.54) is 19.1 Å². The van der Waals surface area contributed by atoms with Crippen LogP contribution in [0.5, 0.6) is 11.5 Å². The molecule has 4 rings (SSSR count). The Kier molecular flexibility index (Phi) is 6.33. The summed E-state index contributed by atoms with van der Waals surface area (Å²) in [6.45, 7) is 1.93. The first-order valence-electron chi connectivity index (χ1n) is 10.2. The van der Waals surface area contributed by atoms with Gasteiger partial charge in [-0.2, -0.15) is 0 Å². The third-order valence-electron chi connectivity index (χ3n) is 5.33. The van der Waals surface area contributed by atoms with Crippen LogP contribution in [0.4, 0.5) is 5.69 Å². The number of nitrogens with one attached hydrogen (secondary N) is 1. The first-order chi connectivity index (χ1) is 15.9. The molecule has 1 aliphatic heterocycles. The smallest absolute Gasteiger partial charge is 0.278 e. The molecule has 7 nitrogen and oxygen atoms in total. The third kappa shape index (κ3) is 4.40. The Morgan fingerprint density at radius 2 is 1.76 bits per heavy atom. The largest absolute Gasteiger partial charge is 0.493 e. The van der Waals surface area contributed by atoms with Crippen molar-refractivity contribution in [3.05, 3.63) is 88.3 Å². The lowest BCUT2D eigenvalue weighted by Gasteiger charge is -2.15. The summed E-state index contributed by atoms with van der Waals surface area (Å²) in [7, 11) is 3.05. The molecule has 168 valence electrons. The third-order valence-corrected chi connectivity index (χ3v) is 5.57. The zero-order valence-electron chi connectivity index (χ0n) is 18.4. The van der Waals surface area contributed by atoms with Crippen molar-refractivity contribution in [1.29, 1.82) is 0 Å². The second kappa shape index (κ2) is 9.34. The lowest BCUT2D eigenvalue weighted by Crippen LogP contribution is -2.32.